The van der Waals surface area contributed by atoms with Crippen molar-refractivity contribution in [2.45, 2.75) is 0 Å². The molecule has 2 heterocycles. The van der Waals surface area contributed by atoms with E-state index in [-0.39, 0.29) is 5.76 Å². The van der Waals surface area contributed by atoms with E-state index in [1.165, 1.54) is 18.3 Å². The van der Waals surface area contributed by atoms with Crippen molar-refractivity contribution in [2.24, 2.45) is 10.1 Å². The number of carbonyl (C=O) groups is 1. The summed E-state index contributed by atoms with van der Waals surface area (Å²) in [5.41, 5.74) is 2.79. The van der Waals surface area contributed by atoms with Gasteiger partial charge in [0.2, 0.25) is 0 Å². The van der Waals surface area contributed by atoms with Crippen molar-refractivity contribution in [1.82, 2.24) is 10.4 Å². The van der Waals surface area contributed by atoms with Crippen LogP contribution in [0.5, 0.6) is 0 Å². The lowest BCUT2D eigenvalue weighted by molar-refractivity contribution is -0.402. The zero-order chi connectivity index (χ0) is 15.1. The van der Waals surface area contributed by atoms with Gasteiger partial charge in [0, 0.05) is 24.2 Å². The highest BCUT2D eigenvalue weighted by atomic mass is 16.6. The Labute approximate surface area is 118 Å². The van der Waals surface area contributed by atoms with Crippen LogP contribution in [-0.4, -0.2) is 28.4 Å². The lowest BCUT2D eigenvalue weighted by Gasteiger charge is -1.92. The number of furan rings is 1. The number of urea groups is 1. The second-order valence-electron chi connectivity index (χ2n) is 3.65. The summed E-state index contributed by atoms with van der Waals surface area (Å²) >= 11 is 0. The minimum Gasteiger partial charge on any atom is -0.400 e. The third kappa shape index (κ3) is 4.35. The van der Waals surface area contributed by atoms with Gasteiger partial charge in [0.1, 0.15) is 4.92 Å². The molecule has 9 nitrogen and oxygen atoms in total. The Kier molecular flexibility index (Phi) is 4.49. The van der Waals surface area contributed by atoms with Crippen molar-refractivity contribution >= 4 is 24.3 Å². The molecule has 0 unspecified atom stereocenters. The highest BCUT2D eigenvalue weighted by Gasteiger charge is 2.10. The molecule has 2 aromatic rings. The van der Waals surface area contributed by atoms with E-state index < -0.39 is 16.8 Å². The van der Waals surface area contributed by atoms with Crippen LogP contribution in [0.25, 0.3) is 0 Å². The number of rotatable bonds is 4. The van der Waals surface area contributed by atoms with E-state index in [1.807, 2.05) is 0 Å². The second kappa shape index (κ2) is 6.70. The zero-order valence-electron chi connectivity index (χ0n) is 10.5. The van der Waals surface area contributed by atoms with Crippen LogP contribution in [0.3, 0.4) is 0 Å². The fraction of sp³-hybridized carbons (Fsp3) is 0. The van der Waals surface area contributed by atoms with Crippen molar-refractivity contribution in [3.05, 3.63) is 58.1 Å². The van der Waals surface area contributed by atoms with Gasteiger partial charge in [0.05, 0.1) is 12.3 Å². The van der Waals surface area contributed by atoms with E-state index in [1.54, 1.807) is 24.5 Å². The highest BCUT2D eigenvalue weighted by Crippen LogP contribution is 2.13. The average Bonchev–Trinajstić information content (AvgIpc) is 2.95. The molecule has 0 aliphatic rings. The number of aliphatic imine (C=N–C) groups is 1. The lowest BCUT2D eigenvalue weighted by Crippen LogP contribution is -2.12. The predicted octanol–water partition coefficient (Wildman–Crippen LogP) is 1.75. The zero-order valence-corrected chi connectivity index (χ0v) is 10.5. The number of hydrogen-bond acceptors (Lipinski definition) is 6. The smallest absolute Gasteiger partial charge is 0.400 e. The Morgan fingerprint density at radius 1 is 1.38 bits per heavy atom. The molecule has 0 aliphatic heterocycles. The molecule has 2 amide bonds. The van der Waals surface area contributed by atoms with Crippen molar-refractivity contribution in [1.29, 1.82) is 0 Å². The van der Waals surface area contributed by atoms with Gasteiger partial charge in [0.25, 0.3) is 0 Å². The summed E-state index contributed by atoms with van der Waals surface area (Å²) in [6.07, 6.45) is 5.60. The van der Waals surface area contributed by atoms with E-state index in [0.717, 1.165) is 6.21 Å². The molecule has 21 heavy (non-hydrogen) atoms. The SMILES string of the molecule is O=C(/N=C/c1cccnc1)N/N=C/c1ccc([N+](=O)[O-])o1. The van der Waals surface area contributed by atoms with Gasteiger partial charge in [-0.15, -0.1) is 0 Å². The lowest BCUT2D eigenvalue weighted by atomic mass is 10.3. The number of nitro groups is 1. The standard InChI is InChI=1S/C12H9N5O4/c18-12(14-7-9-2-1-5-13-6-9)16-15-8-10-3-4-11(21-10)17(19)20/h1-8H,(H,16,18)/b14-7+,15-8+. The largest absolute Gasteiger partial charge is 0.433 e. The first kappa shape index (κ1) is 14.1. The number of amides is 2. The van der Waals surface area contributed by atoms with Gasteiger partial charge < -0.3 is 4.42 Å². The van der Waals surface area contributed by atoms with Gasteiger partial charge in [-0.25, -0.2) is 10.2 Å². The van der Waals surface area contributed by atoms with Crippen LogP contribution < -0.4 is 5.43 Å². The van der Waals surface area contributed by atoms with E-state index in [4.69, 9.17) is 4.42 Å². The molecule has 2 aromatic heterocycles. The summed E-state index contributed by atoms with van der Waals surface area (Å²) in [6.45, 7) is 0. The summed E-state index contributed by atoms with van der Waals surface area (Å²) in [7, 11) is 0. The van der Waals surface area contributed by atoms with Gasteiger partial charge >= 0.3 is 11.9 Å². The molecule has 0 saturated heterocycles. The molecule has 106 valence electrons. The maximum absolute atomic E-state index is 11.3. The van der Waals surface area contributed by atoms with E-state index in [0.29, 0.717) is 5.56 Å². The molecular formula is C12H9N5O4. The third-order valence-electron chi connectivity index (χ3n) is 2.16. The van der Waals surface area contributed by atoms with Crippen LogP contribution >= 0.6 is 0 Å². The van der Waals surface area contributed by atoms with Gasteiger partial charge in [-0.05, 0) is 12.1 Å². The van der Waals surface area contributed by atoms with Crippen LogP contribution in [0.2, 0.25) is 0 Å². The quantitative estimate of drug-likeness (QED) is 0.521. The van der Waals surface area contributed by atoms with Crippen LogP contribution in [0.4, 0.5) is 10.7 Å². The number of carbonyl (C=O) groups excluding carboxylic acids is 1. The summed E-state index contributed by atoms with van der Waals surface area (Å²) in [4.78, 5) is 28.5. The number of aromatic nitrogens is 1. The summed E-state index contributed by atoms with van der Waals surface area (Å²) in [5, 5.41) is 13.9. The number of pyridine rings is 1. The fourth-order valence-corrected chi connectivity index (χ4v) is 1.28. The monoisotopic (exact) mass is 287 g/mol. The van der Waals surface area contributed by atoms with Gasteiger partial charge in [-0.1, -0.05) is 6.07 Å². The minimum atomic E-state index is -0.698. The molecule has 0 aromatic carbocycles. The van der Waals surface area contributed by atoms with Gasteiger partial charge in [-0.3, -0.25) is 15.1 Å². The highest BCUT2D eigenvalue weighted by molar-refractivity contribution is 5.91. The van der Waals surface area contributed by atoms with Crippen LogP contribution in [0.15, 0.2) is 51.2 Å². The van der Waals surface area contributed by atoms with Crippen LogP contribution in [0, 0.1) is 10.1 Å². The molecule has 0 atom stereocenters. The van der Waals surface area contributed by atoms with E-state index >= 15 is 0 Å². The molecule has 0 aliphatic carbocycles. The predicted molar refractivity (Wildman–Crippen MR) is 73.3 cm³/mol. The molecule has 1 N–H and O–H groups in total. The second-order valence-corrected chi connectivity index (χ2v) is 3.65. The molecular weight excluding hydrogens is 278 g/mol. The Balaban J connectivity index is 1.87. The van der Waals surface area contributed by atoms with Gasteiger partial charge in [-0.2, -0.15) is 10.1 Å². The Morgan fingerprint density at radius 3 is 2.90 bits per heavy atom. The maximum atomic E-state index is 11.3. The minimum absolute atomic E-state index is 0.137. The number of nitrogens with zero attached hydrogens (tertiary/aromatic N) is 4. The Bertz CT molecular complexity index is 693. The first-order valence-corrected chi connectivity index (χ1v) is 5.66. The molecule has 0 spiro atoms. The molecule has 2 rings (SSSR count). The number of hydrazone groups is 1. The summed E-state index contributed by atoms with van der Waals surface area (Å²) < 4.78 is 4.81. The van der Waals surface area contributed by atoms with Crippen LogP contribution in [0.1, 0.15) is 11.3 Å². The Morgan fingerprint density at radius 2 is 2.24 bits per heavy atom. The molecule has 0 saturated carbocycles. The van der Waals surface area contributed by atoms with Crippen molar-refractivity contribution < 1.29 is 14.1 Å². The van der Waals surface area contributed by atoms with Crippen molar-refractivity contribution in [3.8, 4) is 0 Å². The normalized spacial score (nSPS) is 11.0. The maximum Gasteiger partial charge on any atom is 0.433 e. The fourth-order valence-electron chi connectivity index (χ4n) is 1.28. The molecule has 0 bridgehead atoms. The number of nitrogens with one attached hydrogen (secondary N) is 1. The molecule has 9 heteroatoms. The van der Waals surface area contributed by atoms with Crippen molar-refractivity contribution in [3.63, 3.8) is 0 Å². The molecule has 0 radical (unpaired) electrons. The van der Waals surface area contributed by atoms with E-state index in [2.05, 4.69) is 20.5 Å². The molecule has 0 fully saturated rings. The summed E-state index contributed by atoms with van der Waals surface area (Å²) in [6, 6.07) is 5.28. The topological polar surface area (TPSA) is 123 Å². The van der Waals surface area contributed by atoms with Gasteiger partial charge in [0.15, 0.2) is 5.76 Å². The van der Waals surface area contributed by atoms with Crippen molar-refractivity contribution in [2.75, 3.05) is 0 Å². The first-order chi connectivity index (χ1) is 10.1. The van der Waals surface area contributed by atoms with E-state index in [9.17, 15) is 14.9 Å². The van der Waals surface area contributed by atoms with Crippen LogP contribution in [-0.2, 0) is 0 Å². The average molecular weight is 287 g/mol. The third-order valence-corrected chi connectivity index (χ3v) is 2.16. The Hall–Kier alpha value is -3.36. The number of hydrogen-bond donors (Lipinski definition) is 1. The first-order valence-electron chi connectivity index (χ1n) is 5.66. The summed E-state index contributed by atoms with van der Waals surface area (Å²) in [5.74, 6) is -0.268.